The van der Waals surface area contributed by atoms with Crippen LogP contribution in [-0.4, -0.2) is 10.5 Å². The summed E-state index contributed by atoms with van der Waals surface area (Å²) in [6.45, 7) is 6.37. The van der Waals surface area contributed by atoms with Gasteiger partial charge in [0, 0.05) is 23.8 Å². The van der Waals surface area contributed by atoms with Crippen molar-refractivity contribution in [1.82, 2.24) is 0 Å². The van der Waals surface area contributed by atoms with E-state index in [4.69, 9.17) is 9.47 Å². The Labute approximate surface area is 140 Å². The summed E-state index contributed by atoms with van der Waals surface area (Å²) in [6.07, 6.45) is 4.12. The number of hydrogen-bond donors (Lipinski definition) is 0. The molecule has 0 amide bonds. The molecule has 0 saturated heterocycles. The maximum atomic E-state index is 10.7. The minimum absolute atomic E-state index is 0.0748. The van der Waals surface area contributed by atoms with Crippen LogP contribution in [0.4, 0.5) is 5.69 Å². The van der Waals surface area contributed by atoms with Crippen molar-refractivity contribution in [2.24, 2.45) is 0 Å². The number of nitro benzene ring substituents is 1. The second-order valence-electron chi connectivity index (χ2n) is 6.40. The molecule has 0 bridgehead atoms. The summed E-state index contributed by atoms with van der Waals surface area (Å²) in [5.74, 6) is 1.52. The molecular formula is C19H19NO4. The fraction of sp³-hybridized carbons (Fsp3) is 0.263. The highest BCUT2D eigenvalue weighted by Crippen LogP contribution is 2.36. The summed E-state index contributed by atoms with van der Waals surface area (Å²) in [7, 11) is 0. The van der Waals surface area contributed by atoms with Gasteiger partial charge in [-0.05, 0) is 56.2 Å². The maximum absolute atomic E-state index is 10.7. The number of hydrogen-bond acceptors (Lipinski definition) is 4. The van der Waals surface area contributed by atoms with Crippen LogP contribution >= 0.6 is 0 Å². The molecule has 0 saturated carbocycles. The molecule has 0 unspecified atom stereocenters. The van der Waals surface area contributed by atoms with E-state index in [0.717, 1.165) is 28.2 Å². The van der Waals surface area contributed by atoms with Crippen molar-refractivity contribution in [3.63, 3.8) is 0 Å². The molecule has 124 valence electrons. The van der Waals surface area contributed by atoms with E-state index in [1.54, 1.807) is 12.1 Å². The van der Waals surface area contributed by atoms with E-state index in [9.17, 15) is 10.1 Å². The quantitative estimate of drug-likeness (QED) is 0.605. The fourth-order valence-corrected chi connectivity index (χ4v) is 2.60. The van der Waals surface area contributed by atoms with Crippen molar-refractivity contribution < 1.29 is 14.4 Å². The number of rotatable bonds is 4. The lowest BCUT2D eigenvalue weighted by Gasteiger charge is -2.29. The molecule has 0 radical (unpaired) electrons. The van der Waals surface area contributed by atoms with Gasteiger partial charge in [0.1, 0.15) is 23.7 Å². The number of non-ortho nitro benzene ring substituents is 1. The molecule has 5 heteroatoms. The van der Waals surface area contributed by atoms with Gasteiger partial charge in [-0.15, -0.1) is 0 Å². The Balaban J connectivity index is 1.76. The lowest BCUT2D eigenvalue weighted by Crippen LogP contribution is -2.27. The number of nitrogens with zero attached hydrogens (tertiary/aromatic N) is 1. The third kappa shape index (κ3) is 3.40. The first-order valence-electron chi connectivity index (χ1n) is 7.73. The normalized spacial score (nSPS) is 14.6. The molecule has 0 N–H and O–H groups in total. The maximum Gasteiger partial charge on any atom is 0.269 e. The summed E-state index contributed by atoms with van der Waals surface area (Å²) < 4.78 is 11.8. The van der Waals surface area contributed by atoms with Crippen LogP contribution in [0.15, 0.2) is 42.5 Å². The van der Waals surface area contributed by atoms with Gasteiger partial charge < -0.3 is 9.47 Å². The second-order valence-corrected chi connectivity index (χ2v) is 6.40. The Morgan fingerprint density at radius 2 is 1.92 bits per heavy atom. The molecule has 0 atom stereocenters. The van der Waals surface area contributed by atoms with Gasteiger partial charge in [-0.1, -0.05) is 6.08 Å². The van der Waals surface area contributed by atoms with Crippen LogP contribution in [0.3, 0.4) is 0 Å². The van der Waals surface area contributed by atoms with Crippen LogP contribution in [0.5, 0.6) is 11.5 Å². The summed E-state index contributed by atoms with van der Waals surface area (Å²) in [5, 5.41) is 10.7. The number of aryl methyl sites for hydroxylation is 1. The lowest BCUT2D eigenvalue weighted by molar-refractivity contribution is -0.384. The summed E-state index contributed by atoms with van der Waals surface area (Å²) in [5.41, 5.74) is 2.76. The van der Waals surface area contributed by atoms with Crippen molar-refractivity contribution in [1.29, 1.82) is 0 Å². The Bertz CT molecular complexity index is 807. The fourth-order valence-electron chi connectivity index (χ4n) is 2.60. The molecule has 3 rings (SSSR count). The van der Waals surface area contributed by atoms with E-state index in [-0.39, 0.29) is 11.3 Å². The number of benzene rings is 2. The topological polar surface area (TPSA) is 61.6 Å². The van der Waals surface area contributed by atoms with Crippen molar-refractivity contribution >= 4 is 11.8 Å². The van der Waals surface area contributed by atoms with Crippen LogP contribution in [0.1, 0.15) is 30.5 Å². The zero-order valence-electron chi connectivity index (χ0n) is 13.9. The highest BCUT2D eigenvalue weighted by atomic mass is 16.6. The molecule has 1 heterocycles. The molecule has 24 heavy (non-hydrogen) atoms. The minimum atomic E-state index is -0.413. The highest BCUT2D eigenvalue weighted by Gasteiger charge is 2.23. The average Bonchev–Trinajstić information content (AvgIpc) is 2.52. The smallest absolute Gasteiger partial charge is 0.269 e. The molecule has 0 aliphatic carbocycles. The summed E-state index contributed by atoms with van der Waals surface area (Å²) >= 11 is 0. The lowest BCUT2D eigenvalue weighted by atomic mass is 9.99. The summed E-state index contributed by atoms with van der Waals surface area (Å²) in [6, 6.07) is 10.2. The first kappa shape index (κ1) is 16.1. The highest BCUT2D eigenvalue weighted by molar-refractivity contribution is 5.66. The molecule has 0 spiro atoms. The molecule has 1 aliphatic rings. The Hall–Kier alpha value is -2.82. The second kappa shape index (κ2) is 6.00. The molecule has 0 aromatic heterocycles. The SMILES string of the molecule is Cc1cc(OCc2ccc([N+](=O)[O-])cc2)cc2c1C=CC(C)(C)O2. The van der Waals surface area contributed by atoms with Crippen molar-refractivity contribution in [3.05, 3.63) is 69.3 Å². The van der Waals surface area contributed by atoms with E-state index in [0.29, 0.717) is 6.61 Å². The number of fused-ring (bicyclic) bond motifs is 1. The Morgan fingerprint density at radius 1 is 1.21 bits per heavy atom. The Kier molecular flexibility index (Phi) is 4.01. The van der Waals surface area contributed by atoms with E-state index >= 15 is 0 Å². The van der Waals surface area contributed by atoms with Crippen LogP contribution in [0.2, 0.25) is 0 Å². The van der Waals surface area contributed by atoms with Gasteiger partial charge in [0.05, 0.1) is 4.92 Å². The van der Waals surface area contributed by atoms with Gasteiger partial charge >= 0.3 is 0 Å². The van der Waals surface area contributed by atoms with Crippen molar-refractivity contribution in [2.45, 2.75) is 33.0 Å². The van der Waals surface area contributed by atoms with Gasteiger partial charge in [-0.2, -0.15) is 0 Å². The van der Waals surface area contributed by atoms with Crippen LogP contribution in [0, 0.1) is 17.0 Å². The molecular weight excluding hydrogens is 306 g/mol. The zero-order chi connectivity index (χ0) is 17.3. The predicted octanol–water partition coefficient (Wildman–Crippen LogP) is 4.67. The number of nitro groups is 1. The molecule has 2 aromatic carbocycles. The molecule has 5 nitrogen and oxygen atoms in total. The molecule has 0 fully saturated rings. The van der Waals surface area contributed by atoms with Crippen LogP contribution < -0.4 is 9.47 Å². The zero-order valence-corrected chi connectivity index (χ0v) is 13.9. The standard InChI is InChI=1S/C19H19NO4/c1-13-10-16(11-18-17(13)8-9-19(2,3)24-18)23-12-14-4-6-15(7-5-14)20(21)22/h4-11H,12H2,1-3H3. The largest absolute Gasteiger partial charge is 0.489 e. The van der Waals surface area contributed by atoms with Gasteiger partial charge in [0.2, 0.25) is 0 Å². The van der Waals surface area contributed by atoms with Crippen LogP contribution in [0.25, 0.3) is 6.08 Å². The van der Waals surface area contributed by atoms with E-state index in [1.165, 1.54) is 12.1 Å². The monoisotopic (exact) mass is 325 g/mol. The Morgan fingerprint density at radius 3 is 2.58 bits per heavy atom. The van der Waals surface area contributed by atoms with Gasteiger partial charge in [0.25, 0.3) is 5.69 Å². The molecule has 2 aromatic rings. The van der Waals surface area contributed by atoms with Gasteiger partial charge in [-0.25, -0.2) is 0 Å². The average molecular weight is 325 g/mol. The van der Waals surface area contributed by atoms with E-state index < -0.39 is 4.92 Å². The first-order chi connectivity index (χ1) is 11.3. The van der Waals surface area contributed by atoms with Gasteiger partial charge in [-0.3, -0.25) is 10.1 Å². The minimum Gasteiger partial charge on any atom is -0.489 e. The van der Waals surface area contributed by atoms with Crippen LogP contribution in [-0.2, 0) is 6.61 Å². The third-order valence-electron chi connectivity index (χ3n) is 3.90. The first-order valence-corrected chi connectivity index (χ1v) is 7.73. The van der Waals surface area contributed by atoms with Crippen molar-refractivity contribution in [2.75, 3.05) is 0 Å². The third-order valence-corrected chi connectivity index (χ3v) is 3.90. The van der Waals surface area contributed by atoms with Crippen molar-refractivity contribution in [3.8, 4) is 11.5 Å². The van der Waals surface area contributed by atoms with Gasteiger partial charge in [0.15, 0.2) is 0 Å². The predicted molar refractivity (Wildman–Crippen MR) is 92.3 cm³/mol. The van der Waals surface area contributed by atoms with E-state index in [1.807, 2.05) is 39.0 Å². The summed E-state index contributed by atoms with van der Waals surface area (Å²) in [4.78, 5) is 10.3. The van der Waals surface area contributed by atoms with E-state index in [2.05, 4.69) is 6.08 Å². The molecule has 1 aliphatic heterocycles. The number of ether oxygens (including phenoxy) is 2.